The summed E-state index contributed by atoms with van der Waals surface area (Å²) in [4.78, 5) is 9.34. The molecule has 0 amide bonds. The average molecular weight is 86.1 g/mol. The van der Waals surface area contributed by atoms with Crippen molar-refractivity contribution >= 4 is 0 Å². The topological polar surface area (TPSA) is 29.4 Å². The molecule has 0 aromatic carbocycles. The monoisotopic (exact) mass is 86.1 g/mol. The Morgan fingerprint density at radius 2 is 2.17 bits per heavy atom. The highest BCUT2D eigenvalue weighted by Gasteiger charge is 1.87. The van der Waals surface area contributed by atoms with Crippen molar-refractivity contribution < 1.29 is 0 Å². The fraction of sp³-hybridized carbons (Fsp3) is 0.750. The van der Waals surface area contributed by atoms with Gasteiger partial charge in [0, 0.05) is 0 Å². The number of nitroso groups, excluding NO2 is 1. The summed E-state index contributed by atoms with van der Waals surface area (Å²) in [5.41, 5.74) is 0. The van der Waals surface area contributed by atoms with Gasteiger partial charge in [0.15, 0.2) is 0 Å². The zero-order chi connectivity index (χ0) is 4.99. The fourth-order valence-corrected chi connectivity index (χ4v) is 0.129. The molecule has 0 aliphatic carbocycles. The van der Waals surface area contributed by atoms with E-state index in [1.165, 1.54) is 0 Å². The summed E-state index contributed by atoms with van der Waals surface area (Å²) in [5, 5.41) is 2.65. The first-order chi connectivity index (χ1) is 2.77. The highest BCUT2D eigenvalue weighted by molar-refractivity contribution is 4.78. The van der Waals surface area contributed by atoms with E-state index >= 15 is 0 Å². The van der Waals surface area contributed by atoms with Crippen LogP contribution in [-0.2, 0) is 0 Å². The second kappa shape index (κ2) is 2.82. The van der Waals surface area contributed by atoms with E-state index in [2.05, 4.69) is 5.18 Å². The molecule has 0 unspecified atom stereocenters. The number of hydrogen-bond donors (Lipinski definition) is 0. The smallest absolute Gasteiger partial charge is 0.0867 e. The van der Waals surface area contributed by atoms with Crippen molar-refractivity contribution in [2.24, 2.45) is 5.18 Å². The molecule has 0 aromatic heterocycles. The third kappa shape index (κ3) is 3.60. The second-order valence-electron chi connectivity index (χ2n) is 1.49. The van der Waals surface area contributed by atoms with Gasteiger partial charge in [-0.15, -0.1) is 0 Å². The van der Waals surface area contributed by atoms with Crippen molar-refractivity contribution in [1.29, 1.82) is 0 Å². The second-order valence-corrected chi connectivity index (χ2v) is 1.49. The zero-order valence-corrected chi connectivity index (χ0v) is 4.06. The molecule has 0 aromatic rings. The summed E-state index contributed by atoms with van der Waals surface area (Å²) in [6.45, 7) is 4.11. The standard InChI is InChI=1S/C4H8NO/c1-4(2)3-5-6/h3H2,1-2H3. The highest BCUT2D eigenvalue weighted by Crippen LogP contribution is 1.91. The number of nitrogens with zero attached hydrogens (tertiary/aromatic N) is 1. The van der Waals surface area contributed by atoms with Gasteiger partial charge in [0.2, 0.25) is 0 Å². The normalized spacial score (nSPS) is 9.17. The third-order valence-electron chi connectivity index (χ3n) is 0.381. The predicted molar refractivity (Wildman–Crippen MR) is 25.3 cm³/mol. The fourth-order valence-electron chi connectivity index (χ4n) is 0.129. The molecule has 0 rings (SSSR count). The van der Waals surface area contributed by atoms with E-state index in [-0.39, 0.29) is 0 Å². The van der Waals surface area contributed by atoms with E-state index in [1.807, 2.05) is 13.8 Å². The van der Waals surface area contributed by atoms with Gasteiger partial charge in [0.05, 0.1) is 6.54 Å². The van der Waals surface area contributed by atoms with Crippen LogP contribution in [0.5, 0.6) is 0 Å². The van der Waals surface area contributed by atoms with Gasteiger partial charge in [-0.3, -0.25) is 0 Å². The quantitative estimate of drug-likeness (QED) is 0.466. The molecule has 35 valence electrons. The molecule has 0 spiro atoms. The molecule has 1 radical (unpaired) electrons. The van der Waals surface area contributed by atoms with Crippen molar-refractivity contribution in [2.75, 3.05) is 6.54 Å². The lowest BCUT2D eigenvalue weighted by molar-refractivity contribution is 0.957. The lowest BCUT2D eigenvalue weighted by Gasteiger charge is -1.87. The molecule has 0 N–H and O–H groups in total. The summed E-state index contributed by atoms with van der Waals surface area (Å²) in [5.74, 6) is 1.06. The third-order valence-corrected chi connectivity index (χ3v) is 0.381. The van der Waals surface area contributed by atoms with Crippen molar-refractivity contribution in [2.45, 2.75) is 13.8 Å². The first-order valence-electron chi connectivity index (χ1n) is 1.85. The molecule has 0 heterocycles. The minimum absolute atomic E-state index is 0.361. The maximum absolute atomic E-state index is 9.34. The lowest BCUT2D eigenvalue weighted by Crippen LogP contribution is -1.85. The first-order valence-corrected chi connectivity index (χ1v) is 1.85. The van der Waals surface area contributed by atoms with E-state index in [4.69, 9.17) is 0 Å². The van der Waals surface area contributed by atoms with Crippen molar-refractivity contribution in [3.05, 3.63) is 10.8 Å². The lowest BCUT2D eigenvalue weighted by atomic mass is 10.2. The van der Waals surface area contributed by atoms with Crippen LogP contribution < -0.4 is 0 Å². The van der Waals surface area contributed by atoms with Crippen LogP contribution in [0, 0.1) is 10.8 Å². The molecule has 0 fully saturated rings. The molecule has 0 aliphatic heterocycles. The minimum Gasteiger partial charge on any atom is -0.151 e. The van der Waals surface area contributed by atoms with Crippen LogP contribution >= 0.6 is 0 Å². The SMILES string of the molecule is C[C](C)CN=O. The molecule has 0 aliphatic rings. The van der Waals surface area contributed by atoms with Crippen LogP contribution in [0.15, 0.2) is 5.18 Å². The summed E-state index contributed by atoms with van der Waals surface area (Å²) in [6, 6.07) is 0. The summed E-state index contributed by atoms with van der Waals surface area (Å²) in [7, 11) is 0. The van der Waals surface area contributed by atoms with Gasteiger partial charge in [0.1, 0.15) is 0 Å². The Bertz CT molecular complexity index is 42.8. The van der Waals surface area contributed by atoms with E-state index < -0.39 is 0 Å². The summed E-state index contributed by atoms with van der Waals surface area (Å²) in [6.07, 6.45) is 0. The van der Waals surface area contributed by atoms with Crippen molar-refractivity contribution in [3.8, 4) is 0 Å². The molecular formula is C4H8NO. The van der Waals surface area contributed by atoms with Crippen LogP contribution in [0.3, 0.4) is 0 Å². The average Bonchev–Trinajstić information content (AvgIpc) is 1.35. The molecule has 2 nitrogen and oxygen atoms in total. The van der Waals surface area contributed by atoms with E-state index in [0.29, 0.717) is 6.54 Å². The Hall–Kier alpha value is -0.400. The maximum atomic E-state index is 9.34. The largest absolute Gasteiger partial charge is 0.151 e. The zero-order valence-electron chi connectivity index (χ0n) is 4.06. The minimum atomic E-state index is 0.361. The van der Waals surface area contributed by atoms with Crippen LogP contribution in [-0.4, -0.2) is 6.54 Å². The Morgan fingerprint density at radius 1 is 1.67 bits per heavy atom. The highest BCUT2D eigenvalue weighted by atomic mass is 16.3. The van der Waals surface area contributed by atoms with E-state index in [1.54, 1.807) is 0 Å². The van der Waals surface area contributed by atoms with E-state index in [0.717, 1.165) is 5.92 Å². The van der Waals surface area contributed by atoms with Gasteiger partial charge in [-0.05, 0) is 5.92 Å². The van der Waals surface area contributed by atoms with Crippen LogP contribution in [0.25, 0.3) is 0 Å². The Morgan fingerprint density at radius 3 is 2.17 bits per heavy atom. The van der Waals surface area contributed by atoms with Crippen molar-refractivity contribution in [3.63, 3.8) is 0 Å². The number of hydrogen-bond acceptors (Lipinski definition) is 2. The molecule has 0 saturated carbocycles. The summed E-state index contributed by atoms with van der Waals surface area (Å²) < 4.78 is 0. The van der Waals surface area contributed by atoms with Gasteiger partial charge in [-0.2, -0.15) is 4.91 Å². The number of rotatable bonds is 2. The van der Waals surface area contributed by atoms with Gasteiger partial charge in [-0.1, -0.05) is 19.0 Å². The predicted octanol–water partition coefficient (Wildman–Crippen LogP) is 1.37. The molecule has 0 saturated heterocycles. The van der Waals surface area contributed by atoms with Gasteiger partial charge < -0.3 is 0 Å². The molecule has 6 heavy (non-hydrogen) atoms. The molecule has 2 heteroatoms. The van der Waals surface area contributed by atoms with Gasteiger partial charge >= 0.3 is 0 Å². The first kappa shape index (κ1) is 5.60. The molecular weight excluding hydrogens is 78.0 g/mol. The Labute approximate surface area is 37.5 Å². The van der Waals surface area contributed by atoms with Gasteiger partial charge in [0.25, 0.3) is 0 Å². The Kier molecular flexibility index (Phi) is 2.63. The van der Waals surface area contributed by atoms with E-state index in [9.17, 15) is 4.91 Å². The van der Waals surface area contributed by atoms with Gasteiger partial charge in [-0.25, -0.2) is 0 Å². The Balaban J connectivity index is 2.81. The maximum Gasteiger partial charge on any atom is 0.0867 e. The van der Waals surface area contributed by atoms with Crippen molar-refractivity contribution in [1.82, 2.24) is 0 Å². The van der Waals surface area contributed by atoms with Crippen LogP contribution in [0.2, 0.25) is 0 Å². The molecule has 0 atom stereocenters. The molecule has 0 bridgehead atoms. The van der Waals surface area contributed by atoms with Crippen LogP contribution in [0.4, 0.5) is 0 Å². The van der Waals surface area contributed by atoms with Crippen LogP contribution in [0.1, 0.15) is 13.8 Å². The summed E-state index contributed by atoms with van der Waals surface area (Å²) >= 11 is 0.